The minimum absolute atomic E-state index is 0.102. The van der Waals surface area contributed by atoms with E-state index in [0.29, 0.717) is 29.4 Å². The van der Waals surface area contributed by atoms with Crippen molar-refractivity contribution >= 4 is 61.6 Å². The summed E-state index contributed by atoms with van der Waals surface area (Å²) < 4.78 is 34.2. The quantitative estimate of drug-likeness (QED) is 0.218. The summed E-state index contributed by atoms with van der Waals surface area (Å²) in [5, 5.41) is 1.59. The van der Waals surface area contributed by atoms with Crippen LogP contribution in [0.3, 0.4) is 0 Å². The van der Waals surface area contributed by atoms with Crippen LogP contribution in [0.1, 0.15) is 42.3 Å². The molecular weight excluding hydrogens is 595 g/mol. The third kappa shape index (κ3) is 6.41. The van der Waals surface area contributed by atoms with Crippen molar-refractivity contribution in [1.29, 1.82) is 0 Å². The molecule has 0 atom stereocenters. The molecule has 218 valence electrons. The van der Waals surface area contributed by atoms with Gasteiger partial charge in [0.1, 0.15) is 12.1 Å². The standard InChI is InChI=1S/C32H30Cl2N2O5S/c1-32(2,3)41-30(37)20-36(42(39,40)27-17-24(33)16-25(34)18-27)26-11-12-28-22(15-26)9-6-10-29(28)31(38)35-14-13-21-7-4-5-8-23(21)19-35/h4-12,15-18H,13-14,19-20H2,1-3H3. The second kappa shape index (κ2) is 11.6. The van der Waals surface area contributed by atoms with Crippen molar-refractivity contribution in [2.24, 2.45) is 0 Å². The van der Waals surface area contributed by atoms with Crippen LogP contribution in [0, 0.1) is 0 Å². The predicted molar refractivity (Wildman–Crippen MR) is 166 cm³/mol. The first-order valence-corrected chi connectivity index (χ1v) is 15.6. The second-order valence-corrected chi connectivity index (χ2v) is 13.9. The molecule has 0 N–H and O–H groups in total. The number of halogens is 2. The first-order valence-electron chi connectivity index (χ1n) is 13.4. The lowest BCUT2D eigenvalue weighted by molar-refractivity contribution is -0.152. The van der Waals surface area contributed by atoms with Crippen LogP contribution in [-0.2, 0) is 32.5 Å². The molecular formula is C32H30Cl2N2O5S. The van der Waals surface area contributed by atoms with Crippen LogP contribution in [0.15, 0.2) is 83.8 Å². The van der Waals surface area contributed by atoms with Crippen molar-refractivity contribution in [2.75, 3.05) is 17.4 Å². The molecule has 0 fully saturated rings. The lowest BCUT2D eigenvalue weighted by atomic mass is 9.98. The number of hydrogen-bond donors (Lipinski definition) is 0. The smallest absolute Gasteiger partial charge is 0.327 e. The molecule has 7 nitrogen and oxygen atoms in total. The van der Waals surface area contributed by atoms with Gasteiger partial charge in [-0.2, -0.15) is 0 Å². The molecule has 0 radical (unpaired) electrons. The monoisotopic (exact) mass is 624 g/mol. The van der Waals surface area contributed by atoms with Gasteiger partial charge in [-0.3, -0.25) is 13.9 Å². The zero-order valence-corrected chi connectivity index (χ0v) is 25.8. The molecule has 0 saturated carbocycles. The van der Waals surface area contributed by atoms with Crippen LogP contribution in [0.4, 0.5) is 5.69 Å². The third-order valence-electron chi connectivity index (χ3n) is 6.92. The summed E-state index contributed by atoms with van der Waals surface area (Å²) in [6, 6.07) is 22.4. The molecule has 4 aromatic rings. The van der Waals surface area contributed by atoms with Crippen molar-refractivity contribution in [3.05, 3.63) is 106 Å². The molecule has 0 unspecified atom stereocenters. The van der Waals surface area contributed by atoms with E-state index in [4.69, 9.17) is 27.9 Å². The van der Waals surface area contributed by atoms with E-state index >= 15 is 0 Å². The van der Waals surface area contributed by atoms with Gasteiger partial charge in [0.25, 0.3) is 15.9 Å². The van der Waals surface area contributed by atoms with Crippen LogP contribution in [0.25, 0.3) is 10.8 Å². The molecule has 0 spiro atoms. The minimum atomic E-state index is -4.30. The van der Waals surface area contributed by atoms with Crippen LogP contribution in [-0.4, -0.2) is 43.9 Å². The molecule has 42 heavy (non-hydrogen) atoms. The fourth-order valence-electron chi connectivity index (χ4n) is 5.06. The Morgan fingerprint density at radius 2 is 1.60 bits per heavy atom. The highest BCUT2D eigenvalue weighted by atomic mass is 35.5. The third-order valence-corrected chi connectivity index (χ3v) is 9.11. The summed E-state index contributed by atoms with van der Waals surface area (Å²) in [5.74, 6) is -0.830. The number of anilines is 1. The summed E-state index contributed by atoms with van der Waals surface area (Å²) >= 11 is 12.2. The van der Waals surface area contributed by atoms with Gasteiger partial charge in [0, 0.05) is 28.7 Å². The highest BCUT2D eigenvalue weighted by Gasteiger charge is 2.31. The molecule has 0 bridgehead atoms. The van der Waals surface area contributed by atoms with Crippen molar-refractivity contribution in [1.82, 2.24) is 4.90 Å². The van der Waals surface area contributed by atoms with Crippen molar-refractivity contribution < 1.29 is 22.7 Å². The first-order chi connectivity index (χ1) is 19.8. The van der Waals surface area contributed by atoms with Gasteiger partial charge in [-0.25, -0.2) is 8.42 Å². The van der Waals surface area contributed by atoms with Gasteiger partial charge in [-0.1, -0.05) is 65.7 Å². The van der Waals surface area contributed by atoms with E-state index in [9.17, 15) is 18.0 Å². The number of nitrogens with zero attached hydrogens (tertiary/aromatic N) is 2. The van der Waals surface area contributed by atoms with E-state index in [1.165, 1.54) is 23.8 Å². The number of benzene rings is 4. The Morgan fingerprint density at radius 1 is 0.905 bits per heavy atom. The van der Waals surface area contributed by atoms with Crippen LogP contribution < -0.4 is 4.31 Å². The van der Waals surface area contributed by atoms with Gasteiger partial charge in [0.05, 0.1) is 10.6 Å². The fourth-order valence-corrected chi connectivity index (χ4v) is 7.19. The molecule has 5 rings (SSSR count). The molecule has 1 aliphatic heterocycles. The normalized spacial score (nSPS) is 13.5. The SMILES string of the molecule is CC(C)(C)OC(=O)CN(c1ccc2c(C(=O)N3CCc4ccccc4C3)cccc2c1)S(=O)(=O)c1cc(Cl)cc(Cl)c1. The number of fused-ring (bicyclic) bond motifs is 2. The lowest BCUT2D eigenvalue weighted by Gasteiger charge is -2.29. The number of ether oxygens (including phenoxy) is 1. The Bertz CT molecular complexity index is 1780. The van der Waals surface area contributed by atoms with Crippen LogP contribution >= 0.6 is 23.2 Å². The average Bonchev–Trinajstić information content (AvgIpc) is 2.93. The maximum absolute atomic E-state index is 13.9. The fraction of sp³-hybridized carbons (Fsp3) is 0.250. The Morgan fingerprint density at radius 3 is 2.29 bits per heavy atom. The molecule has 1 aliphatic rings. The van der Waals surface area contributed by atoms with Gasteiger partial charge >= 0.3 is 5.97 Å². The Balaban J connectivity index is 1.53. The number of esters is 1. The zero-order valence-electron chi connectivity index (χ0n) is 23.4. The number of carbonyl (C=O) groups excluding carboxylic acids is 2. The molecule has 0 aliphatic carbocycles. The van der Waals surface area contributed by atoms with Gasteiger partial charge in [-0.15, -0.1) is 0 Å². The lowest BCUT2D eigenvalue weighted by Crippen LogP contribution is -2.39. The number of amides is 1. The Hall–Kier alpha value is -3.59. The average molecular weight is 626 g/mol. The van der Waals surface area contributed by atoms with Crippen LogP contribution in [0.5, 0.6) is 0 Å². The maximum atomic E-state index is 13.9. The zero-order chi connectivity index (χ0) is 30.2. The highest BCUT2D eigenvalue weighted by molar-refractivity contribution is 7.92. The first kappa shape index (κ1) is 29.9. The van der Waals surface area contributed by atoms with Crippen molar-refractivity contribution in [2.45, 2.75) is 44.2 Å². The van der Waals surface area contributed by atoms with Gasteiger partial charge in [0.2, 0.25) is 0 Å². The number of carbonyl (C=O) groups is 2. The summed E-state index contributed by atoms with van der Waals surface area (Å²) in [6.45, 7) is 5.66. The molecule has 0 aromatic heterocycles. The number of hydrogen-bond acceptors (Lipinski definition) is 5. The van der Waals surface area contributed by atoms with E-state index in [-0.39, 0.29) is 26.5 Å². The molecule has 4 aromatic carbocycles. The molecule has 1 amide bonds. The van der Waals surface area contributed by atoms with Gasteiger partial charge in [-0.05, 0) is 85.5 Å². The number of sulfonamides is 1. The minimum Gasteiger partial charge on any atom is -0.459 e. The van der Waals surface area contributed by atoms with Crippen LogP contribution in [0.2, 0.25) is 10.0 Å². The Labute approximate surface area is 255 Å². The topological polar surface area (TPSA) is 84.0 Å². The van der Waals surface area contributed by atoms with Crippen molar-refractivity contribution in [3.63, 3.8) is 0 Å². The second-order valence-electron chi connectivity index (χ2n) is 11.2. The van der Waals surface area contributed by atoms with Crippen molar-refractivity contribution in [3.8, 4) is 0 Å². The summed E-state index contributed by atoms with van der Waals surface area (Å²) in [5.41, 5.74) is 2.29. The summed E-state index contributed by atoms with van der Waals surface area (Å²) in [4.78, 5) is 28.2. The van der Waals surface area contributed by atoms with E-state index in [1.807, 2.05) is 23.1 Å². The summed E-state index contributed by atoms with van der Waals surface area (Å²) in [7, 11) is -4.30. The van der Waals surface area contributed by atoms with Gasteiger partial charge < -0.3 is 9.64 Å². The van der Waals surface area contributed by atoms with E-state index in [0.717, 1.165) is 16.3 Å². The predicted octanol–water partition coefficient (Wildman–Crippen LogP) is 6.88. The van der Waals surface area contributed by atoms with E-state index in [2.05, 4.69) is 6.07 Å². The Kier molecular flexibility index (Phi) is 8.25. The maximum Gasteiger partial charge on any atom is 0.327 e. The van der Waals surface area contributed by atoms with E-state index < -0.39 is 28.1 Å². The largest absolute Gasteiger partial charge is 0.459 e. The highest BCUT2D eigenvalue weighted by Crippen LogP contribution is 2.32. The summed E-state index contributed by atoms with van der Waals surface area (Å²) in [6.07, 6.45) is 0.780. The van der Waals surface area contributed by atoms with Gasteiger partial charge in [0.15, 0.2) is 0 Å². The van der Waals surface area contributed by atoms with E-state index in [1.54, 1.807) is 57.2 Å². The molecule has 0 saturated heterocycles. The molecule has 1 heterocycles. The molecule has 10 heteroatoms. The number of rotatable bonds is 6.